The molecule has 29 heavy (non-hydrogen) atoms. The van der Waals surface area contributed by atoms with E-state index in [9.17, 15) is 4.79 Å². The molecule has 1 saturated heterocycles. The Morgan fingerprint density at radius 3 is 2.62 bits per heavy atom. The maximum absolute atomic E-state index is 12.5. The number of halogens is 3. The number of benzene rings is 1. The summed E-state index contributed by atoms with van der Waals surface area (Å²) in [6, 6.07) is 4.14. The molecule has 2 N–H and O–H groups in total. The van der Waals surface area contributed by atoms with Gasteiger partial charge in [-0.3, -0.25) is 4.79 Å². The van der Waals surface area contributed by atoms with E-state index < -0.39 is 0 Å². The summed E-state index contributed by atoms with van der Waals surface area (Å²) < 4.78 is 11.1. The first-order valence-electron chi connectivity index (χ1n) is 9.21. The van der Waals surface area contributed by atoms with Gasteiger partial charge in [-0.2, -0.15) is 0 Å². The van der Waals surface area contributed by atoms with Crippen LogP contribution in [0.15, 0.2) is 16.9 Å². The van der Waals surface area contributed by atoms with Crippen LogP contribution in [-0.4, -0.2) is 62.0 Å². The number of ether oxygens (including phenoxy) is 2. The standard InChI is InChI=1S/C19H26N4O3.3ClH/c1-22(23-6-8-26-9-7-23)12-13-10-15-17(16(11-13)25-2)18-14(19(24)21-15)4-3-5-20-18;;;/h10-11,20H,3-9,12H2,1-2H3,(H,21,24);3*1H. The van der Waals surface area contributed by atoms with Gasteiger partial charge in [-0.05, 0) is 30.5 Å². The molecule has 0 amide bonds. The molecule has 2 aliphatic rings. The number of hydrogen-bond donors (Lipinski definition) is 2. The summed E-state index contributed by atoms with van der Waals surface area (Å²) in [7, 11) is 3.77. The number of nitrogens with one attached hydrogen (secondary N) is 2. The Bertz CT molecular complexity index is 872. The van der Waals surface area contributed by atoms with Gasteiger partial charge in [-0.1, -0.05) is 0 Å². The first-order valence-corrected chi connectivity index (χ1v) is 9.21. The fraction of sp³-hybridized carbons (Fsp3) is 0.526. The quantitative estimate of drug-likeness (QED) is 0.721. The zero-order valence-electron chi connectivity index (χ0n) is 16.7. The van der Waals surface area contributed by atoms with Crippen LogP contribution in [0, 0.1) is 0 Å². The largest absolute Gasteiger partial charge is 0.496 e. The van der Waals surface area contributed by atoms with E-state index in [1.54, 1.807) is 7.11 Å². The molecule has 0 bridgehead atoms. The van der Waals surface area contributed by atoms with E-state index in [0.717, 1.165) is 85.7 Å². The van der Waals surface area contributed by atoms with Crippen molar-refractivity contribution >= 4 is 53.8 Å². The molecule has 1 fully saturated rings. The van der Waals surface area contributed by atoms with Crippen molar-refractivity contribution in [3.8, 4) is 5.75 Å². The Labute approximate surface area is 189 Å². The van der Waals surface area contributed by atoms with E-state index >= 15 is 0 Å². The number of pyridine rings is 1. The number of H-pyrrole nitrogens is 1. The Morgan fingerprint density at radius 2 is 1.93 bits per heavy atom. The van der Waals surface area contributed by atoms with Gasteiger partial charge in [0.2, 0.25) is 0 Å². The second kappa shape index (κ2) is 11.2. The molecule has 0 saturated carbocycles. The van der Waals surface area contributed by atoms with Crippen molar-refractivity contribution in [2.75, 3.05) is 52.3 Å². The summed E-state index contributed by atoms with van der Waals surface area (Å²) in [6.45, 7) is 4.95. The Kier molecular flexibility index (Phi) is 10.0. The maximum Gasteiger partial charge on any atom is 0.253 e. The summed E-state index contributed by atoms with van der Waals surface area (Å²) in [6.07, 6.45) is 1.78. The number of methoxy groups -OCH3 is 1. The van der Waals surface area contributed by atoms with E-state index in [-0.39, 0.29) is 42.8 Å². The Morgan fingerprint density at radius 1 is 1.21 bits per heavy atom. The summed E-state index contributed by atoms with van der Waals surface area (Å²) in [5.74, 6) is 0.801. The predicted molar refractivity (Wildman–Crippen MR) is 124 cm³/mol. The van der Waals surface area contributed by atoms with Crippen LogP contribution in [0.5, 0.6) is 5.75 Å². The third kappa shape index (κ3) is 5.29. The normalized spacial score (nSPS) is 16.1. The molecule has 10 heteroatoms. The van der Waals surface area contributed by atoms with Crippen LogP contribution in [0.2, 0.25) is 0 Å². The third-order valence-electron chi connectivity index (χ3n) is 5.24. The number of morpholine rings is 1. The number of fused-ring (bicyclic) bond motifs is 3. The molecule has 0 radical (unpaired) electrons. The second-order valence-electron chi connectivity index (χ2n) is 6.94. The number of anilines is 1. The average molecular weight is 468 g/mol. The number of hydrazine groups is 1. The van der Waals surface area contributed by atoms with Gasteiger partial charge in [0.05, 0.1) is 36.9 Å². The molecule has 0 aliphatic carbocycles. The Hall–Kier alpha value is -1.22. The van der Waals surface area contributed by atoms with Gasteiger partial charge < -0.3 is 19.8 Å². The lowest BCUT2D eigenvalue weighted by Crippen LogP contribution is -2.46. The van der Waals surface area contributed by atoms with Crippen molar-refractivity contribution < 1.29 is 9.47 Å². The lowest BCUT2D eigenvalue weighted by molar-refractivity contribution is -0.0802. The summed E-state index contributed by atoms with van der Waals surface area (Å²) in [5.41, 5.74) is 3.70. The molecule has 4 rings (SSSR count). The third-order valence-corrected chi connectivity index (χ3v) is 5.24. The molecule has 0 spiro atoms. The number of hydrogen-bond acceptors (Lipinski definition) is 6. The lowest BCUT2D eigenvalue weighted by atomic mass is 9.99. The van der Waals surface area contributed by atoms with Gasteiger partial charge in [0.15, 0.2) is 0 Å². The molecule has 164 valence electrons. The van der Waals surface area contributed by atoms with Crippen LogP contribution >= 0.6 is 37.2 Å². The molecule has 2 aromatic rings. The molecule has 7 nitrogen and oxygen atoms in total. The number of aromatic amines is 1. The van der Waals surface area contributed by atoms with Crippen LogP contribution < -0.4 is 15.6 Å². The highest BCUT2D eigenvalue weighted by Crippen LogP contribution is 2.35. The van der Waals surface area contributed by atoms with Crippen LogP contribution in [0.1, 0.15) is 17.5 Å². The predicted octanol–water partition coefficient (Wildman–Crippen LogP) is 2.84. The number of rotatable bonds is 4. The monoisotopic (exact) mass is 466 g/mol. The SMILES string of the molecule is COc1cc(CN(C)N2CCOCC2)cc2[nH]c(=O)c3c(c12)NCCC3.Cl.Cl.Cl. The smallest absolute Gasteiger partial charge is 0.253 e. The minimum absolute atomic E-state index is 0. The van der Waals surface area contributed by atoms with Gasteiger partial charge in [0, 0.05) is 38.8 Å². The van der Waals surface area contributed by atoms with Crippen LogP contribution in [0.4, 0.5) is 5.69 Å². The fourth-order valence-corrected chi connectivity index (χ4v) is 3.91. The highest BCUT2D eigenvalue weighted by Gasteiger charge is 2.21. The minimum Gasteiger partial charge on any atom is -0.496 e. The first-order chi connectivity index (χ1) is 12.7. The van der Waals surface area contributed by atoms with Crippen molar-refractivity contribution in [3.63, 3.8) is 0 Å². The van der Waals surface area contributed by atoms with Crippen LogP contribution in [-0.2, 0) is 17.7 Å². The molecular weight excluding hydrogens is 439 g/mol. The van der Waals surface area contributed by atoms with Crippen molar-refractivity contribution in [3.05, 3.63) is 33.6 Å². The average Bonchev–Trinajstić information content (AvgIpc) is 2.68. The number of aromatic nitrogens is 1. The summed E-state index contributed by atoms with van der Waals surface area (Å²) >= 11 is 0. The van der Waals surface area contributed by atoms with Crippen molar-refractivity contribution in [1.29, 1.82) is 0 Å². The molecule has 0 atom stereocenters. The minimum atomic E-state index is 0. The van der Waals surface area contributed by atoms with E-state index in [1.165, 1.54) is 0 Å². The summed E-state index contributed by atoms with van der Waals surface area (Å²) in [4.78, 5) is 15.5. The highest BCUT2D eigenvalue weighted by atomic mass is 35.5. The first kappa shape index (κ1) is 25.8. The van der Waals surface area contributed by atoms with Crippen molar-refractivity contribution in [2.45, 2.75) is 19.4 Å². The van der Waals surface area contributed by atoms with Gasteiger partial charge >= 0.3 is 0 Å². The fourth-order valence-electron chi connectivity index (χ4n) is 3.91. The molecule has 1 aromatic carbocycles. The maximum atomic E-state index is 12.5. The van der Waals surface area contributed by atoms with Gasteiger partial charge in [0.25, 0.3) is 5.56 Å². The zero-order valence-corrected chi connectivity index (χ0v) is 19.1. The molecule has 1 aromatic heterocycles. The Balaban J connectivity index is 0.00000140. The molecule has 3 heterocycles. The molecule has 2 aliphatic heterocycles. The highest BCUT2D eigenvalue weighted by molar-refractivity contribution is 5.98. The second-order valence-corrected chi connectivity index (χ2v) is 6.94. The summed E-state index contributed by atoms with van der Waals surface area (Å²) in [5, 5.41) is 8.87. The molecular formula is C19H29Cl3N4O3. The van der Waals surface area contributed by atoms with E-state index in [4.69, 9.17) is 9.47 Å². The topological polar surface area (TPSA) is 69.8 Å². The van der Waals surface area contributed by atoms with E-state index in [0.29, 0.717) is 0 Å². The lowest BCUT2D eigenvalue weighted by Gasteiger charge is -2.34. The van der Waals surface area contributed by atoms with Gasteiger partial charge in [-0.15, -0.1) is 37.2 Å². The van der Waals surface area contributed by atoms with Gasteiger partial charge in [-0.25, -0.2) is 10.0 Å². The van der Waals surface area contributed by atoms with E-state index in [1.807, 2.05) is 0 Å². The van der Waals surface area contributed by atoms with E-state index in [2.05, 4.69) is 39.5 Å². The molecule has 0 unspecified atom stereocenters. The van der Waals surface area contributed by atoms with Crippen LogP contribution in [0.25, 0.3) is 10.9 Å². The van der Waals surface area contributed by atoms with Crippen molar-refractivity contribution in [2.24, 2.45) is 0 Å². The van der Waals surface area contributed by atoms with Gasteiger partial charge in [0.1, 0.15) is 5.75 Å². The van der Waals surface area contributed by atoms with Crippen molar-refractivity contribution in [1.82, 2.24) is 15.0 Å². The zero-order chi connectivity index (χ0) is 18.1. The number of nitrogens with zero attached hydrogens (tertiary/aromatic N) is 2. The van der Waals surface area contributed by atoms with Crippen LogP contribution in [0.3, 0.4) is 0 Å².